The van der Waals surface area contributed by atoms with E-state index in [-0.39, 0.29) is 5.56 Å². The number of halogens is 3. The first-order chi connectivity index (χ1) is 7.74. The molecule has 90 valence electrons. The first kappa shape index (κ1) is 12.8. The van der Waals surface area contributed by atoms with Gasteiger partial charge in [-0.2, -0.15) is 5.26 Å². The lowest BCUT2D eigenvalue weighted by Crippen LogP contribution is -2.18. The van der Waals surface area contributed by atoms with E-state index < -0.39 is 29.2 Å². The van der Waals surface area contributed by atoms with E-state index in [9.17, 15) is 18.0 Å². The standard InChI is InChI=1S/C10H6F3NO3/c1-5-2-6(9(15)16)7(4-14)8(3-5)17-10(11,12)13/h2-3H,1H3,(H,15,16). The van der Waals surface area contributed by atoms with Gasteiger partial charge in [-0.3, -0.25) is 0 Å². The second-order valence-electron chi connectivity index (χ2n) is 3.15. The van der Waals surface area contributed by atoms with Crippen molar-refractivity contribution in [2.45, 2.75) is 13.3 Å². The number of hydrogen-bond donors (Lipinski definition) is 1. The smallest absolute Gasteiger partial charge is 0.478 e. The lowest BCUT2D eigenvalue weighted by atomic mass is 10.0. The number of nitrogens with zero attached hydrogens (tertiary/aromatic N) is 1. The van der Waals surface area contributed by atoms with Crippen molar-refractivity contribution in [2.24, 2.45) is 0 Å². The molecule has 0 spiro atoms. The molecule has 0 atom stereocenters. The van der Waals surface area contributed by atoms with Gasteiger partial charge in [0.1, 0.15) is 17.4 Å². The number of aryl methyl sites for hydroxylation is 1. The zero-order valence-corrected chi connectivity index (χ0v) is 8.50. The Morgan fingerprint density at radius 2 is 2.06 bits per heavy atom. The average Bonchev–Trinajstić information content (AvgIpc) is 2.14. The summed E-state index contributed by atoms with van der Waals surface area (Å²) in [6, 6.07) is 3.45. The van der Waals surface area contributed by atoms with E-state index in [1.54, 1.807) is 0 Å². The lowest BCUT2D eigenvalue weighted by molar-refractivity contribution is -0.274. The SMILES string of the molecule is Cc1cc(OC(F)(F)F)c(C#N)c(C(=O)O)c1. The van der Waals surface area contributed by atoms with Crippen molar-refractivity contribution in [3.63, 3.8) is 0 Å². The summed E-state index contributed by atoms with van der Waals surface area (Å²) in [6.07, 6.45) is -4.98. The molecule has 0 bridgehead atoms. The van der Waals surface area contributed by atoms with Gasteiger partial charge in [-0.15, -0.1) is 13.2 Å². The van der Waals surface area contributed by atoms with E-state index in [0.29, 0.717) is 0 Å². The van der Waals surface area contributed by atoms with Gasteiger partial charge < -0.3 is 9.84 Å². The van der Waals surface area contributed by atoms with Crippen molar-refractivity contribution in [1.82, 2.24) is 0 Å². The molecule has 0 saturated carbocycles. The molecular formula is C10H6F3NO3. The fourth-order valence-corrected chi connectivity index (χ4v) is 1.24. The van der Waals surface area contributed by atoms with Crippen LogP contribution in [0.5, 0.6) is 5.75 Å². The predicted octanol–water partition coefficient (Wildman–Crippen LogP) is 2.46. The molecule has 4 nitrogen and oxygen atoms in total. The van der Waals surface area contributed by atoms with Crippen LogP contribution in [0.2, 0.25) is 0 Å². The number of hydrogen-bond acceptors (Lipinski definition) is 3. The molecular weight excluding hydrogens is 239 g/mol. The summed E-state index contributed by atoms with van der Waals surface area (Å²) in [5.41, 5.74) is -0.923. The minimum Gasteiger partial charge on any atom is -0.478 e. The van der Waals surface area contributed by atoms with Crippen LogP contribution in [-0.4, -0.2) is 17.4 Å². The molecule has 0 saturated heterocycles. The Morgan fingerprint density at radius 1 is 1.47 bits per heavy atom. The molecule has 0 fully saturated rings. The van der Waals surface area contributed by atoms with Crippen LogP contribution in [0.3, 0.4) is 0 Å². The maximum absolute atomic E-state index is 12.0. The second kappa shape index (κ2) is 4.33. The summed E-state index contributed by atoms with van der Waals surface area (Å²) in [4.78, 5) is 10.8. The highest BCUT2D eigenvalue weighted by Gasteiger charge is 2.33. The number of nitriles is 1. The van der Waals surface area contributed by atoms with Crippen molar-refractivity contribution >= 4 is 5.97 Å². The second-order valence-corrected chi connectivity index (χ2v) is 3.15. The molecule has 1 aromatic carbocycles. The lowest BCUT2D eigenvalue weighted by Gasteiger charge is -2.12. The number of aromatic carboxylic acids is 1. The molecule has 17 heavy (non-hydrogen) atoms. The Bertz CT molecular complexity index is 503. The number of ether oxygens (including phenoxy) is 1. The topological polar surface area (TPSA) is 70.3 Å². The van der Waals surface area contributed by atoms with Gasteiger partial charge in [0.05, 0.1) is 5.56 Å². The van der Waals surface area contributed by atoms with Crippen LogP contribution in [-0.2, 0) is 0 Å². The van der Waals surface area contributed by atoms with Gasteiger partial charge in [0.2, 0.25) is 0 Å². The zero-order valence-electron chi connectivity index (χ0n) is 8.50. The molecule has 0 aliphatic carbocycles. The highest BCUT2D eigenvalue weighted by Crippen LogP contribution is 2.29. The summed E-state index contributed by atoms with van der Waals surface area (Å²) in [6.45, 7) is 1.40. The number of carboxylic acid groups (broad SMARTS) is 1. The predicted molar refractivity (Wildman–Crippen MR) is 49.5 cm³/mol. The van der Waals surface area contributed by atoms with Gasteiger partial charge >= 0.3 is 12.3 Å². The van der Waals surface area contributed by atoms with Crippen LogP contribution in [0.1, 0.15) is 21.5 Å². The largest absolute Gasteiger partial charge is 0.573 e. The van der Waals surface area contributed by atoms with E-state index in [2.05, 4.69) is 4.74 Å². The molecule has 0 amide bonds. The normalized spacial score (nSPS) is 10.8. The van der Waals surface area contributed by atoms with Crippen LogP contribution in [0, 0.1) is 18.3 Å². The maximum atomic E-state index is 12.0. The van der Waals surface area contributed by atoms with Crippen molar-refractivity contribution in [3.05, 3.63) is 28.8 Å². The number of carboxylic acids is 1. The Morgan fingerprint density at radius 3 is 2.47 bits per heavy atom. The molecule has 0 radical (unpaired) electrons. The van der Waals surface area contributed by atoms with Crippen LogP contribution in [0.15, 0.2) is 12.1 Å². The number of rotatable bonds is 2. The number of benzene rings is 1. The van der Waals surface area contributed by atoms with Crippen LogP contribution in [0.4, 0.5) is 13.2 Å². The summed E-state index contributed by atoms with van der Waals surface area (Å²) in [5.74, 6) is -2.30. The van der Waals surface area contributed by atoms with Crippen molar-refractivity contribution < 1.29 is 27.8 Å². The van der Waals surface area contributed by atoms with Gasteiger partial charge in [-0.1, -0.05) is 0 Å². The molecule has 0 heterocycles. The minimum absolute atomic E-state index is 0.251. The van der Waals surface area contributed by atoms with Gasteiger partial charge in [-0.25, -0.2) is 4.79 Å². The zero-order chi connectivity index (χ0) is 13.2. The van der Waals surface area contributed by atoms with Crippen LogP contribution >= 0.6 is 0 Å². The first-order valence-electron chi connectivity index (χ1n) is 4.28. The summed E-state index contributed by atoms with van der Waals surface area (Å²) >= 11 is 0. The van der Waals surface area contributed by atoms with E-state index in [1.165, 1.54) is 13.0 Å². The van der Waals surface area contributed by atoms with Crippen LogP contribution < -0.4 is 4.74 Å². The minimum atomic E-state index is -4.98. The van der Waals surface area contributed by atoms with E-state index >= 15 is 0 Å². The number of carbonyl (C=O) groups is 1. The molecule has 0 aliphatic rings. The van der Waals surface area contributed by atoms with Gasteiger partial charge in [0.25, 0.3) is 0 Å². The summed E-state index contributed by atoms with van der Waals surface area (Å²) < 4.78 is 39.7. The molecule has 1 N–H and O–H groups in total. The Hall–Kier alpha value is -2.23. The Balaban J connectivity index is 3.40. The fourth-order valence-electron chi connectivity index (χ4n) is 1.24. The Labute approximate surface area is 93.8 Å². The quantitative estimate of drug-likeness (QED) is 0.868. The van der Waals surface area contributed by atoms with Crippen molar-refractivity contribution in [3.8, 4) is 11.8 Å². The maximum Gasteiger partial charge on any atom is 0.573 e. The summed E-state index contributed by atoms with van der Waals surface area (Å²) in [5, 5.41) is 17.4. The average molecular weight is 245 g/mol. The third kappa shape index (κ3) is 3.11. The van der Waals surface area contributed by atoms with Crippen LogP contribution in [0.25, 0.3) is 0 Å². The molecule has 1 aromatic rings. The first-order valence-corrected chi connectivity index (χ1v) is 4.28. The fraction of sp³-hybridized carbons (Fsp3) is 0.200. The molecule has 0 aliphatic heterocycles. The van der Waals surface area contributed by atoms with Crippen molar-refractivity contribution in [2.75, 3.05) is 0 Å². The molecule has 1 rings (SSSR count). The third-order valence-electron chi connectivity index (χ3n) is 1.81. The van der Waals surface area contributed by atoms with E-state index in [4.69, 9.17) is 10.4 Å². The van der Waals surface area contributed by atoms with Gasteiger partial charge in [0, 0.05) is 0 Å². The van der Waals surface area contributed by atoms with Crippen molar-refractivity contribution in [1.29, 1.82) is 5.26 Å². The molecule has 0 unspecified atom stereocenters. The molecule has 7 heteroatoms. The number of alkyl halides is 3. The Kier molecular flexibility index (Phi) is 3.27. The van der Waals surface area contributed by atoms with E-state index in [0.717, 1.165) is 12.1 Å². The summed E-state index contributed by atoms with van der Waals surface area (Å²) in [7, 11) is 0. The molecule has 0 aromatic heterocycles. The highest BCUT2D eigenvalue weighted by molar-refractivity contribution is 5.92. The van der Waals surface area contributed by atoms with E-state index in [1.807, 2.05) is 0 Å². The van der Waals surface area contributed by atoms with Gasteiger partial charge in [0.15, 0.2) is 0 Å². The van der Waals surface area contributed by atoms with Gasteiger partial charge in [-0.05, 0) is 24.6 Å². The third-order valence-corrected chi connectivity index (χ3v) is 1.81. The monoisotopic (exact) mass is 245 g/mol. The highest BCUT2D eigenvalue weighted by atomic mass is 19.4.